The minimum absolute atomic E-state index is 0.100. The Morgan fingerprint density at radius 3 is 2.50 bits per heavy atom. The van der Waals surface area contributed by atoms with Crippen molar-refractivity contribution in [2.24, 2.45) is 0 Å². The summed E-state index contributed by atoms with van der Waals surface area (Å²) in [5, 5.41) is 4.05. The second-order valence-corrected chi connectivity index (χ2v) is 7.34. The molecule has 5 nitrogen and oxygen atoms in total. The summed E-state index contributed by atoms with van der Waals surface area (Å²) in [6.07, 6.45) is 1.42. The third-order valence-corrected chi connectivity index (χ3v) is 5.38. The molecule has 0 N–H and O–H groups in total. The number of hydrogen-bond donors (Lipinski definition) is 0. The van der Waals surface area contributed by atoms with Gasteiger partial charge in [0, 0.05) is 30.6 Å². The fourth-order valence-electron chi connectivity index (χ4n) is 3.88. The summed E-state index contributed by atoms with van der Waals surface area (Å²) in [5.41, 5.74) is 2.89. The van der Waals surface area contributed by atoms with Crippen LogP contribution < -0.4 is 0 Å². The number of benzene rings is 2. The standard InChI is InChI=1S/C22H22FN3O2/c1-25(2)20-13-26(12-18(20)15-8-10-17(23)11-9-15)22(27)19-14-28-24-21(19)16-6-4-3-5-7-16/h3-11,14,18,20H,12-13H2,1-2H3/t18-,20+/m0/s1. The van der Waals surface area contributed by atoms with E-state index in [1.165, 1.54) is 18.4 Å². The van der Waals surface area contributed by atoms with Crippen molar-refractivity contribution in [3.05, 3.63) is 77.8 Å². The molecule has 1 fully saturated rings. The molecule has 1 aliphatic heterocycles. The zero-order valence-electron chi connectivity index (χ0n) is 15.9. The van der Waals surface area contributed by atoms with Gasteiger partial charge in [-0.3, -0.25) is 4.79 Å². The molecule has 2 atom stereocenters. The lowest BCUT2D eigenvalue weighted by atomic mass is 9.94. The summed E-state index contributed by atoms with van der Waals surface area (Å²) in [7, 11) is 4.01. The Morgan fingerprint density at radius 2 is 1.82 bits per heavy atom. The van der Waals surface area contributed by atoms with Crippen LogP contribution in [0.1, 0.15) is 21.8 Å². The van der Waals surface area contributed by atoms with Crippen molar-refractivity contribution in [1.29, 1.82) is 0 Å². The highest BCUT2D eigenvalue weighted by Gasteiger charge is 2.38. The number of hydrogen-bond acceptors (Lipinski definition) is 4. The second-order valence-electron chi connectivity index (χ2n) is 7.34. The molecule has 1 saturated heterocycles. The monoisotopic (exact) mass is 379 g/mol. The molecule has 0 unspecified atom stereocenters. The quantitative estimate of drug-likeness (QED) is 0.694. The Morgan fingerprint density at radius 1 is 1.11 bits per heavy atom. The van der Waals surface area contributed by atoms with Gasteiger partial charge in [-0.25, -0.2) is 4.39 Å². The number of nitrogens with zero attached hydrogens (tertiary/aromatic N) is 3. The molecule has 0 spiro atoms. The largest absolute Gasteiger partial charge is 0.363 e. The van der Waals surface area contributed by atoms with Gasteiger partial charge in [-0.15, -0.1) is 0 Å². The Balaban J connectivity index is 1.61. The number of carbonyl (C=O) groups is 1. The molecule has 3 aromatic rings. The number of rotatable bonds is 4. The van der Waals surface area contributed by atoms with E-state index in [0.717, 1.165) is 11.1 Å². The van der Waals surface area contributed by atoms with Crippen LogP contribution in [0.2, 0.25) is 0 Å². The normalized spacial score (nSPS) is 19.4. The van der Waals surface area contributed by atoms with E-state index in [2.05, 4.69) is 10.1 Å². The highest BCUT2D eigenvalue weighted by Crippen LogP contribution is 2.32. The minimum Gasteiger partial charge on any atom is -0.363 e. The summed E-state index contributed by atoms with van der Waals surface area (Å²) in [4.78, 5) is 17.2. The first-order valence-electron chi connectivity index (χ1n) is 9.25. The van der Waals surface area contributed by atoms with Crippen LogP contribution in [-0.4, -0.2) is 54.1 Å². The van der Waals surface area contributed by atoms with Crippen LogP contribution in [0.25, 0.3) is 11.3 Å². The van der Waals surface area contributed by atoms with Crippen molar-refractivity contribution >= 4 is 5.91 Å². The van der Waals surface area contributed by atoms with Gasteiger partial charge in [0.2, 0.25) is 0 Å². The zero-order chi connectivity index (χ0) is 19.7. The van der Waals surface area contributed by atoms with E-state index >= 15 is 0 Å². The molecule has 4 rings (SSSR count). The fourth-order valence-corrected chi connectivity index (χ4v) is 3.88. The fraction of sp³-hybridized carbons (Fsp3) is 0.273. The Kier molecular flexibility index (Phi) is 4.96. The third-order valence-electron chi connectivity index (χ3n) is 5.38. The molecule has 1 amide bonds. The zero-order valence-corrected chi connectivity index (χ0v) is 15.9. The smallest absolute Gasteiger partial charge is 0.259 e. The van der Waals surface area contributed by atoms with Crippen molar-refractivity contribution < 1.29 is 13.7 Å². The molecule has 0 radical (unpaired) electrons. The van der Waals surface area contributed by atoms with Gasteiger partial charge in [0.05, 0.1) is 0 Å². The van der Waals surface area contributed by atoms with Gasteiger partial charge >= 0.3 is 0 Å². The maximum Gasteiger partial charge on any atom is 0.259 e. The molecule has 0 saturated carbocycles. The van der Waals surface area contributed by atoms with E-state index in [4.69, 9.17) is 4.52 Å². The molecule has 28 heavy (non-hydrogen) atoms. The highest BCUT2D eigenvalue weighted by atomic mass is 19.1. The minimum atomic E-state index is -0.256. The SMILES string of the molecule is CN(C)[C@@H]1CN(C(=O)c2conc2-c2ccccc2)C[C@H]1c1ccc(F)cc1. The van der Waals surface area contributed by atoms with Gasteiger partial charge in [0.1, 0.15) is 23.3 Å². The number of amides is 1. The predicted molar refractivity (Wildman–Crippen MR) is 104 cm³/mol. The van der Waals surface area contributed by atoms with E-state index in [0.29, 0.717) is 24.3 Å². The van der Waals surface area contributed by atoms with Crippen LogP contribution in [0.4, 0.5) is 4.39 Å². The maximum absolute atomic E-state index is 13.3. The van der Waals surface area contributed by atoms with Gasteiger partial charge in [-0.2, -0.15) is 0 Å². The van der Waals surface area contributed by atoms with E-state index < -0.39 is 0 Å². The average Bonchev–Trinajstić information content (AvgIpc) is 3.36. The van der Waals surface area contributed by atoms with Crippen molar-refractivity contribution in [1.82, 2.24) is 15.0 Å². The Bertz CT molecular complexity index is 953. The van der Waals surface area contributed by atoms with Crippen LogP contribution in [0, 0.1) is 5.82 Å². The summed E-state index contributed by atoms with van der Waals surface area (Å²) >= 11 is 0. The van der Waals surface area contributed by atoms with Crippen molar-refractivity contribution in [2.45, 2.75) is 12.0 Å². The van der Waals surface area contributed by atoms with Crippen molar-refractivity contribution in [3.63, 3.8) is 0 Å². The van der Waals surface area contributed by atoms with Gasteiger partial charge in [-0.1, -0.05) is 47.6 Å². The van der Waals surface area contributed by atoms with Crippen LogP contribution >= 0.6 is 0 Å². The molecule has 2 heterocycles. The lowest BCUT2D eigenvalue weighted by Crippen LogP contribution is -2.35. The second kappa shape index (κ2) is 7.56. The molecular formula is C22H22FN3O2. The van der Waals surface area contributed by atoms with Gasteiger partial charge in [0.15, 0.2) is 0 Å². The summed E-state index contributed by atoms with van der Waals surface area (Å²) in [6.45, 7) is 1.15. The maximum atomic E-state index is 13.3. The van der Waals surface area contributed by atoms with E-state index in [1.807, 2.05) is 49.3 Å². The third kappa shape index (κ3) is 3.43. The molecule has 1 aliphatic rings. The number of aromatic nitrogens is 1. The first kappa shape index (κ1) is 18.4. The van der Waals surface area contributed by atoms with E-state index in [1.54, 1.807) is 12.1 Å². The highest BCUT2D eigenvalue weighted by molar-refractivity contribution is 5.99. The predicted octanol–water partition coefficient (Wildman–Crippen LogP) is 3.65. The van der Waals surface area contributed by atoms with Crippen LogP contribution in [0.5, 0.6) is 0 Å². The molecule has 2 aromatic carbocycles. The number of likely N-dealkylation sites (N-methyl/N-ethyl adjacent to an activating group) is 1. The molecule has 6 heteroatoms. The molecule has 0 aliphatic carbocycles. The van der Waals surface area contributed by atoms with E-state index in [9.17, 15) is 9.18 Å². The van der Waals surface area contributed by atoms with Gasteiger partial charge in [0.25, 0.3) is 5.91 Å². The molecular weight excluding hydrogens is 357 g/mol. The Labute approximate surface area is 163 Å². The van der Waals surface area contributed by atoms with E-state index in [-0.39, 0.29) is 23.7 Å². The Hall–Kier alpha value is -2.99. The molecule has 144 valence electrons. The average molecular weight is 379 g/mol. The summed E-state index contributed by atoms with van der Waals surface area (Å²) < 4.78 is 18.5. The lowest BCUT2D eigenvalue weighted by molar-refractivity contribution is 0.0782. The number of likely N-dealkylation sites (tertiary alicyclic amines) is 1. The van der Waals surface area contributed by atoms with Crippen molar-refractivity contribution in [2.75, 3.05) is 27.2 Å². The van der Waals surface area contributed by atoms with Crippen LogP contribution in [0.15, 0.2) is 65.4 Å². The number of halogens is 1. The lowest BCUT2D eigenvalue weighted by Gasteiger charge is -2.25. The first-order valence-corrected chi connectivity index (χ1v) is 9.25. The topological polar surface area (TPSA) is 49.6 Å². The number of carbonyl (C=O) groups excluding carboxylic acids is 1. The van der Waals surface area contributed by atoms with Crippen LogP contribution in [-0.2, 0) is 0 Å². The summed E-state index contributed by atoms with van der Waals surface area (Å²) in [5.74, 6) is -0.246. The molecule has 1 aromatic heterocycles. The van der Waals surface area contributed by atoms with Crippen molar-refractivity contribution in [3.8, 4) is 11.3 Å². The molecule has 0 bridgehead atoms. The first-order chi connectivity index (χ1) is 13.5. The van der Waals surface area contributed by atoms with Crippen LogP contribution in [0.3, 0.4) is 0 Å². The van der Waals surface area contributed by atoms with Gasteiger partial charge < -0.3 is 14.3 Å². The van der Waals surface area contributed by atoms with Gasteiger partial charge in [-0.05, 0) is 31.8 Å². The summed E-state index contributed by atoms with van der Waals surface area (Å²) in [6, 6.07) is 16.2.